The minimum absolute atomic E-state index is 0.126. The summed E-state index contributed by atoms with van der Waals surface area (Å²) in [6, 6.07) is 14.4. The van der Waals surface area contributed by atoms with E-state index in [1.54, 1.807) is 23.1 Å². The molecule has 4 aromatic rings. The third-order valence-electron chi connectivity index (χ3n) is 6.83. The Hall–Kier alpha value is -3.81. The van der Waals surface area contributed by atoms with Gasteiger partial charge >= 0.3 is 0 Å². The SMILES string of the molecule is Cc1ccc(-n2ncc3c(N4CCCN(C(=O)c5ccccc5F)CC4)nc(C4CC4)nc32)cc1. The van der Waals surface area contributed by atoms with E-state index in [1.165, 1.54) is 11.6 Å². The van der Waals surface area contributed by atoms with E-state index in [9.17, 15) is 9.18 Å². The summed E-state index contributed by atoms with van der Waals surface area (Å²) in [4.78, 5) is 26.9. The smallest absolute Gasteiger partial charge is 0.256 e. The van der Waals surface area contributed by atoms with E-state index >= 15 is 0 Å². The Balaban J connectivity index is 1.33. The Bertz CT molecular complexity index is 1390. The molecule has 2 fully saturated rings. The first-order valence-electron chi connectivity index (χ1n) is 12.2. The lowest BCUT2D eigenvalue weighted by Crippen LogP contribution is -2.36. The number of aryl methyl sites for hydroxylation is 1. The molecule has 3 heterocycles. The monoisotopic (exact) mass is 470 g/mol. The van der Waals surface area contributed by atoms with Crippen LogP contribution in [0.15, 0.2) is 54.7 Å². The number of carbonyl (C=O) groups is 1. The van der Waals surface area contributed by atoms with Crippen LogP contribution in [-0.2, 0) is 0 Å². The molecule has 8 heteroatoms. The molecule has 35 heavy (non-hydrogen) atoms. The predicted molar refractivity (Wildman–Crippen MR) is 133 cm³/mol. The van der Waals surface area contributed by atoms with Crippen LogP contribution in [0.4, 0.5) is 10.2 Å². The van der Waals surface area contributed by atoms with Crippen LogP contribution in [0.5, 0.6) is 0 Å². The minimum atomic E-state index is -0.478. The second-order valence-corrected chi connectivity index (χ2v) is 9.42. The van der Waals surface area contributed by atoms with Crippen LogP contribution in [0.3, 0.4) is 0 Å². The molecule has 1 saturated heterocycles. The van der Waals surface area contributed by atoms with Crippen molar-refractivity contribution in [3.05, 3.63) is 77.5 Å². The average Bonchev–Trinajstić information content (AvgIpc) is 3.67. The fourth-order valence-electron chi connectivity index (χ4n) is 4.69. The average molecular weight is 471 g/mol. The zero-order valence-electron chi connectivity index (χ0n) is 19.7. The van der Waals surface area contributed by atoms with Gasteiger partial charge in [-0.25, -0.2) is 19.0 Å². The molecule has 0 radical (unpaired) electrons. The predicted octanol–water partition coefficient (Wildman–Crippen LogP) is 4.49. The van der Waals surface area contributed by atoms with Gasteiger partial charge in [0.2, 0.25) is 0 Å². The third kappa shape index (κ3) is 4.13. The lowest BCUT2D eigenvalue weighted by Gasteiger charge is -2.24. The van der Waals surface area contributed by atoms with E-state index in [1.807, 2.05) is 10.9 Å². The fourth-order valence-corrected chi connectivity index (χ4v) is 4.69. The Morgan fingerprint density at radius 2 is 1.77 bits per heavy atom. The molecule has 1 aliphatic heterocycles. The summed E-state index contributed by atoms with van der Waals surface area (Å²) in [5, 5.41) is 5.58. The van der Waals surface area contributed by atoms with Crippen LogP contribution in [0.25, 0.3) is 16.7 Å². The fraction of sp³-hybridized carbons (Fsp3) is 0.333. The maximum absolute atomic E-state index is 14.2. The quantitative estimate of drug-likeness (QED) is 0.440. The molecular weight excluding hydrogens is 443 g/mol. The standard InChI is InChI=1S/C27H27FN6O/c1-18-7-11-20(12-8-18)34-26-22(17-29-34)25(30-24(31-26)19-9-10-19)32-13-4-14-33(16-15-32)27(35)21-5-2-3-6-23(21)28/h2-3,5-8,11-12,17,19H,4,9-10,13-16H2,1H3. The van der Waals surface area contributed by atoms with Gasteiger partial charge in [0.25, 0.3) is 5.91 Å². The first-order valence-corrected chi connectivity index (χ1v) is 12.2. The van der Waals surface area contributed by atoms with Crippen LogP contribution in [0, 0.1) is 12.7 Å². The van der Waals surface area contributed by atoms with Crippen molar-refractivity contribution in [2.45, 2.75) is 32.1 Å². The van der Waals surface area contributed by atoms with Gasteiger partial charge in [-0.3, -0.25) is 4.79 Å². The van der Waals surface area contributed by atoms with E-state index in [-0.39, 0.29) is 11.5 Å². The number of carbonyl (C=O) groups excluding carboxylic acids is 1. The molecule has 0 N–H and O–H groups in total. The van der Waals surface area contributed by atoms with Gasteiger partial charge in [0, 0.05) is 32.1 Å². The van der Waals surface area contributed by atoms with Crippen molar-refractivity contribution in [3.8, 4) is 5.69 Å². The molecule has 1 saturated carbocycles. The maximum Gasteiger partial charge on any atom is 0.256 e. The number of nitrogens with zero attached hydrogens (tertiary/aromatic N) is 6. The van der Waals surface area contributed by atoms with Gasteiger partial charge in [0.15, 0.2) is 5.65 Å². The number of rotatable bonds is 4. The van der Waals surface area contributed by atoms with Crippen molar-refractivity contribution < 1.29 is 9.18 Å². The molecule has 178 valence electrons. The topological polar surface area (TPSA) is 67.2 Å². The number of hydrogen-bond acceptors (Lipinski definition) is 5. The summed E-state index contributed by atoms with van der Waals surface area (Å²) in [6.45, 7) is 4.52. The van der Waals surface area contributed by atoms with E-state index in [2.05, 4.69) is 41.2 Å². The highest BCUT2D eigenvalue weighted by molar-refractivity contribution is 5.94. The van der Waals surface area contributed by atoms with Crippen molar-refractivity contribution >= 4 is 22.8 Å². The molecule has 2 aliphatic rings. The second-order valence-electron chi connectivity index (χ2n) is 9.42. The summed E-state index contributed by atoms with van der Waals surface area (Å²) in [6.07, 6.45) is 4.83. The van der Waals surface area contributed by atoms with Gasteiger partial charge in [-0.1, -0.05) is 29.8 Å². The number of aromatic nitrogens is 4. The van der Waals surface area contributed by atoms with Crippen molar-refractivity contribution in [1.29, 1.82) is 0 Å². The lowest BCUT2D eigenvalue weighted by molar-refractivity contribution is 0.0762. The van der Waals surface area contributed by atoms with Crippen LogP contribution < -0.4 is 4.90 Å². The normalized spacial score (nSPS) is 16.5. The first-order chi connectivity index (χ1) is 17.1. The summed E-state index contributed by atoms with van der Waals surface area (Å²) < 4.78 is 16.1. The molecular formula is C27H27FN6O. The van der Waals surface area contributed by atoms with Crippen molar-refractivity contribution in [3.63, 3.8) is 0 Å². The van der Waals surface area contributed by atoms with E-state index in [0.717, 1.165) is 54.2 Å². The third-order valence-corrected chi connectivity index (χ3v) is 6.83. The van der Waals surface area contributed by atoms with Crippen LogP contribution >= 0.6 is 0 Å². The lowest BCUT2D eigenvalue weighted by atomic mass is 10.2. The number of anilines is 1. The van der Waals surface area contributed by atoms with Crippen LogP contribution in [0.1, 0.15) is 46.9 Å². The van der Waals surface area contributed by atoms with Gasteiger partial charge in [0.1, 0.15) is 17.5 Å². The molecule has 1 aliphatic carbocycles. The molecule has 7 nitrogen and oxygen atoms in total. The Kier molecular flexibility index (Phi) is 5.43. The highest BCUT2D eigenvalue weighted by Gasteiger charge is 2.30. The maximum atomic E-state index is 14.2. The minimum Gasteiger partial charge on any atom is -0.354 e. The molecule has 6 rings (SSSR count). The highest BCUT2D eigenvalue weighted by Crippen LogP contribution is 2.40. The van der Waals surface area contributed by atoms with E-state index < -0.39 is 5.82 Å². The number of amides is 1. The number of halogens is 1. The highest BCUT2D eigenvalue weighted by atomic mass is 19.1. The van der Waals surface area contributed by atoms with Gasteiger partial charge in [-0.2, -0.15) is 5.10 Å². The van der Waals surface area contributed by atoms with E-state index in [0.29, 0.717) is 25.6 Å². The Labute approximate surface area is 203 Å². The number of benzene rings is 2. The molecule has 0 atom stereocenters. The Morgan fingerprint density at radius 1 is 0.971 bits per heavy atom. The largest absolute Gasteiger partial charge is 0.354 e. The molecule has 0 spiro atoms. The summed E-state index contributed by atoms with van der Waals surface area (Å²) >= 11 is 0. The summed E-state index contributed by atoms with van der Waals surface area (Å²) in [7, 11) is 0. The number of fused-ring (bicyclic) bond motifs is 1. The zero-order valence-corrected chi connectivity index (χ0v) is 19.7. The molecule has 2 aromatic heterocycles. The molecule has 1 amide bonds. The van der Waals surface area contributed by atoms with Gasteiger partial charge < -0.3 is 9.80 Å². The van der Waals surface area contributed by atoms with Crippen molar-refractivity contribution in [2.24, 2.45) is 0 Å². The van der Waals surface area contributed by atoms with E-state index in [4.69, 9.17) is 9.97 Å². The second kappa shape index (κ2) is 8.76. The van der Waals surface area contributed by atoms with Crippen LogP contribution in [-0.4, -0.2) is 56.7 Å². The van der Waals surface area contributed by atoms with Gasteiger partial charge in [-0.05, 0) is 50.5 Å². The van der Waals surface area contributed by atoms with Crippen molar-refractivity contribution in [2.75, 3.05) is 31.1 Å². The van der Waals surface area contributed by atoms with Gasteiger partial charge in [0.05, 0.1) is 22.8 Å². The van der Waals surface area contributed by atoms with Gasteiger partial charge in [-0.15, -0.1) is 0 Å². The summed E-state index contributed by atoms with van der Waals surface area (Å²) in [5.41, 5.74) is 3.10. The number of hydrogen-bond donors (Lipinski definition) is 0. The Morgan fingerprint density at radius 3 is 2.54 bits per heavy atom. The summed E-state index contributed by atoms with van der Waals surface area (Å²) in [5.74, 6) is 1.39. The first kappa shape index (κ1) is 21.7. The zero-order chi connectivity index (χ0) is 23.9. The molecule has 0 unspecified atom stereocenters. The van der Waals surface area contributed by atoms with Crippen molar-refractivity contribution in [1.82, 2.24) is 24.6 Å². The molecule has 0 bridgehead atoms. The molecule has 2 aromatic carbocycles. The van der Waals surface area contributed by atoms with Crippen LogP contribution in [0.2, 0.25) is 0 Å².